The van der Waals surface area contributed by atoms with Gasteiger partial charge in [0.1, 0.15) is 38.8 Å². The summed E-state index contributed by atoms with van der Waals surface area (Å²) in [5, 5.41) is 5.67. The highest BCUT2D eigenvalue weighted by Crippen LogP contribution is 2.29. The summed E-state index contributed by atoms with van der Waals surface area (Å²) in [7, 11) is -6.40. The molecule has 2 aromatic heterocycles. The number of benzene rings is 4. The van der Waals surface area contributed by atoms with Crippen LogP contribution in [0.4, 0.5) is 27.8 Å². The van der Waals surface area contributed by atoms with Gasteiger partial charge >= 0.3 is 0 Å². The Morgan fingerprint density at radius 1 is 0.607 bits per heavy atom. The largest absolute Gasteiger partial charge is 0.496 e. The van der Waals surface area contributed by atoms with E-state index in [9.17, 15) is 34.4 Å². The fourth-order valence-electron chi connectivity index (χ4n) is 7.01. The number of hydrogen-bond acceptors (Lipinski definition) is 11. The number of rotatable bonds is 11. The Morgan fingerprint density at radius 3 is 1.57 bits per heavy atom. The van der Waals surface area contributed by atoms with Crippen LogP contribution in [0.2, 0.25) is 0 Å². The molecule has 0 spiro atoms. The summed E-state index contributed by atoms with van der Waals surface area (Å²) >= 11 is 3.04. The van der Waals surface area contributed by atoms with Gasteiger partial charge in [0.25, 0.3) is 0 Å². The third-order valence-corrected chi connectivity index (χ3v) is 15.9. The van der Waals surface area contributed by atoms with Crippen molar-refractivity contribution in [2.75, 3.05) is 69.3 Å². The predicted molar refractivity (Wildman–Crippen MR) is 229 cm³/mol. The Hall–Kier alpha value is -4.92. The van der Waals surface area contributed by atoms with E-state index < -0.39 is 53.1 Å². The number of methoxy groups -OCH3 is 1. The molecule has 0 atom stereocenters. The van der Waals surface area contributed by atoms with E-state index in [0.717, 1.165) is 63.7 Å². The number of sulfonamides is 2. The zero-order valence-corrected chi connectivity index (χ0v) is 36.4. The highest BCUT2D eigenvalue weighted by Gasteiger charge is 2.33. The Balaban J connectivity index is 0.000000184. The maximum atomic E-state index is 14.0. The molecule has 11 nitrogen and oxygen atoms in total. The fraction of sp³-hybridized carbons (Fsp3) is 0.286. The summed E-state index contributed by atoms with van der Waals surface area (Å²) in [5.74, 6) is -2.96. The number of piperazine rings is 2. The Bertz CT molecular complexity index is 2700. The molecule has 2 saturated heterocycles. The van der Waals surface area contributed by atoms with Crippen molar-refractivity contribution >= 4 is 53.0 Å². The Kier molecular flexibility index (Phi) is 13.7. The second-order valence-corrected chi connectivity index (χ2v) is 19.8. The van der Waals surface area contributed by atoms with Crippen LogP contribution in [0, 0.1) is 30.2 Å². The van der Waals surface area contributed by atoms with Gasteiger partial charge in [-0.25, -0.2) is 44.4 Å². The van der Waals surface area contributed by atoms with Gasteiger partial charge < -0.3 is 14.5 Å². The number of ether oxygens (including phenoxy) is 1. The van der Waals surface area contributed by atoms with Crippen molar-refractivity contribution in [1.29, 1.82) is 0 Å². The van der Waals surface area contributed by atoms with Gasteiger partial charge in [0.15, 0.2) is 10.3 Å². The van der Waals surface area contributed by atoms with Crippen LogP contribution in [-0.4, -0.2) is 94.9 Å². The highest BCUT2D eigenvalue weighted by molar-refractivity contribution is 7.89. The minimum absolute atomic E-state index is 0.195. The van der Waals surface area contributed by atoms with Crippen LogP contribution in [0.25, 0.3) is 0 Å². The third-order valence-electron chi connectivity index (χ3n) is 10.2. The normalized spacial score (nSPS) is 15.4. The third kappa shape index (κ3) is 10.4. The van der Waals surface area contributed by atoms with Gasteiger partial charge in [-0.1, -0.05) is 48.0 Å². The van der Waals surface area contributed by atoms with Crippen LogP contribution in [-0.2, 0) is 32.9 Å². The average molecular weight is 915 g/mol. The standard InChI is InChI=1S/C21H21F2N3O3S2.C21H21F2N3O2S2/c1-29-19-5-3-2-4-15(19)12-17-14-30-21(24-17)25-8-10-26(11-9-25)31(27,28)20-7-6-16(22)13-18(20)23;1-15-3-2-4-16(11-15)12-18-14-29-21(24-18)25-7-9-26(10-8-25)30(27,28)20-6-5-17(22)13-19(20)23/h2-7,13-14H,8-12H2,1H3;2-6,11,13-14H,7-10,12H2,1H3. The predicted octanol–water partition coefficient (Wildman–Crippen LogP) is 7.36. The summed E-state index contributed by atoms with van der Waals surface area (Å²) in [6, 6.07) is 21.1. The molecule has 0 saturated carbocycles. The van der Waals surface area contributed by atoms with Gasteiger partial charge in [0.2, 0.25) is 20.0 Å². The van der Waals surface area contributed by atoms with Crippen molar-refractivity contribution < 1.29 is 39.1 Å². The van der Waals surface area contributed by atoms with Crippen LogP contribution in [0.15, 0.2) is 105 Å². The van der Waals surface area contributed by atoms with E-state index in [-0.39, 0.29) is 26.2 Å². The van der Waals surface area contributed by atoms with Crippen molar-refractivity contribution in [2.45, 2.75) is 29.6 Å². The SMILES string of the molecule is COc1ccccc1Cc1csc(N2CCN(S(=O)(=O)c3ccc(F)cc3F)CC2)n1.Cc1cccc(Cc2csc(N3CCN(S(=O)(=O)c4ccc(F)cc4F)CC3)n2)c1. The van der Waals surface area contributed by atoms with Crippen molar-refractivity contribution in [1.82, 2.24) is 18.6 Å². The van der Waals surface area contributed by atoms with Gasteiger partial charge in [-0.15, -0.1) is 22.7 Å². The number of halogens is 4. The second-order valence-electron chi connectivity index (χ2n) is 14.3. The zero-order valence-electron chi connectivity index (χ0n) is 33.2. The molecule has 0 amide bonds. The molecule has 0 radical (unpaired) electrons. The first-order valence-electron chi connectivity index (χ1n) is 19.2. The van der Waals surface area contributed by atoms with E-state index in [1.165, 1.54) is 42.4 Å². The number of thiazole rings is 2. The summed E-state index contributed by atoms with van der Waals surface area (Å²) in [6.45, 7) is 4.66. The lowest BCUT2D eigenvalue weighted by molar-refractivity contribution is 0.381. The molecular formula is C42H42F4N6O5S4. The van der Waals surface area contributed by atoms with Gasteiger partial charge in [-0.05, 0) is 42.8 Å². The molecule has 4 heterocycles. The summed E-state index contributed by atoms with van der Waals surface area (Å²) < 4.78 is 113. The minimum atomic E-state index is -4.02. The number of nitrogens with zero attached hydrogens (tertiary/aromatic N) is 6. The quantitative estimate of drug-likeness (QED) is 0.123. The van der Waals surface area contributed by atoms with Gasteiger partial charge in [-0.3, -0.25) is 0 Å². The maximum absolute atomic E-state index is 14.0. The Labute approximate surface area is 360 Å². The molecule has 0 N–H and O–H groups in total. The van der Waals surface area contributed by atoms with Crippen LogP contribution in [0.3, 0.4) is 0 Å². The monoisotopic (exact) mass is 914 g/mol. The first kappa shape index (κ1) is 44.1. The minimum Gasteiger partial charge on any atom is -0.496 e. The fourth-order valence-corrected chi connectivity index (χ4v) is 11.7. The summed E-state index contributed by atoms with van der Waals surface area (Å²) in [5.41, 5.74) is 5.33. The summed E-state index contributed by atoms with van der Waals surface area (Å²) in [4.78, 5) is 12.5. The van der Waals surface area contributed by atoms with Crippen LogP contribution >= 0.6 is 22.7 Å². The van der Waals surface area contributed by atoms with Crippen molar-refractivity contribution in [3.05, 3.63) is 147 Å². The average Bonchev–Trinajstić information content (AvgIpc) is 3.91. The smallest absolute Gasteiger partial charge is 0.246 e. The topological polar surface area (TPSA) is 116 Å². The summed E-state index contributed by atoms with van der Waals surface area (Å²) in [6.07, 6.45) is 1.38. The van der Waals surface area contributed by atoms with E-state index >= 15 is 0 Å². The van der Waals surface area contributed by atoms with Gasteiger partial charge in [0.05, 0.1) is 18.5 Å². The van der Waals surface area contributed by atoms with E-state index in [1.807, 2.05) is 50.9 Å². The number of anilines is 2. The molecule has 0 bridgehead atoms. The first-order valence-corrected chi connectivity index (χ1v) is 23.8. The molecule has 2 aliphatic heterocycles. The molecule has 2 fully saturated rings. The number of hydrogen-bond donors (Lipinski definition) is 0. The lowest BCUT2D eigenvalue weighted by Crippen LogP contribution is -2.48. The first-order chi connectivity index (χ1) is 29.2. The molecule has 322 valence electrons. The lowest BCUT2D eigenvalue weighted by atomic mass is 10.1. The Morgan fingerprint density at radius 2 is 1.10 bits per heavy atom. The van der Waals surface area contributed by atoms with Crippen molar-refractivity contribution in [2.24, 2.45) is 0 Å². The van der Waals surface area contributed by atoms with Gasteiger partial charge in [0, 0.05) is 93.7 Å². The molecule has 8 rings (SSSR count). The number of aryl methyl sites for hydroxylation is 1. The number of para-hydroxylation sites is 1. The van der Waals surface area contributed by atoms with Crippen molar-refractivity contribution in [3.63, 3.8) is 0 Å². The molecule has 61 heavy (non-hydrogen) atoms. The van der Waals surface area contributed by atoms with Crippen LogP contribution in [0.5, 0.6) is 5.75 Å². The molecule has 0 aliphatic carbocycles. The van der Waals surface area contributed by atoms with E-state index in [2.05, 4.69) is 25.1 Å². The van der Waals surface area contributed by atoms with Crippen LogP contribution in [0.1, 0.15) is 28.1 Å². The molecular weight excluding hydrogens is 873 g/mol. The van der Waals surface area contributed by atoms with E-state index in [1.54, 1.807) is 7.11 Å². The molecule has 0 unspecified atom stereocenters. The molecule has 19 heteroatoms. The highest BCUT2D eigenvalue weighted by atomic mass is 32.2. The molecule has 4 aromatic carbocycles. The second kappa shape index (κ2) is 19.0. The lowest BCUT2D eigenvalue weighted by Gasteiger charge is -2.33. The van der Waals surface area contributed by atoms with Crippen molar-refractivity contribution in [3.8, 4) is 5.75 Å². The molecule has 2 aliphatic rings. The zero-order chi connectivity index (χ0) is 43.3. The number of aromatic nitrogens is 2. The van der Waals surface area contributed by atoms with E-state index in [4.69, 9.17) is 14.7 Å². The van der Waals surface area contributed by atoms with Crippen LogP contribution < -0.4 is 14.5 Å². The van der Waals surface area contributed by atoms with Gasteiger partial charge in [-0.2, -0.15) is 8.61 Å². The maximum Gasteiger partial charge on any atom is 0.246 e. The molecule has 6 aromatic rings. The van der Waals surface area contributed by atoms with E-state index in [0.29, 0.717) is 44.7 Å².